The maximum atomic E-state index is 12.1. The fourth-order valence-corrected chi connectivity index (χ4v) is 4.71. The molecule has 2 rings (SSSR count). The lowest BCUT2D eigenvalue weighted by Gasteiger charge is -2.31. The van der Waals surface area contributed by atoms with Crippen LogP contribution in [-0.2, 0) is 0 Å². The van der Waals surface area contributed by atoms with Crippen molar-refractivity contribution in [2.45, 2.75) is 90.4 Å². The zero-order valence-electron chi connectivity index (χ0n) is 14.7. The molecule has 0 radical (unpaired) electrons. The Morgan fingerprint density at radius 1 is 0.773 bits per heavy atom. The Morgan fingerprint density at radius 2 is 1.27 bits per heavy atom. The van der Waals surface area contributed by atoms with Crippen molar-refractivity contribution >= 4 is 0 Å². The summed E-state index contributed by atoms with van der Waals surface area (Å²) < 4.78 is 12.1. The highest BCUT2D eigenvalue weighted by molar-refractivity contribution is 4.91. The molecule has 0 amide bonds. The number of alkyl halides is 1. The minimum absolute atomic E-state index is 0.202. The Hall–Kier alpha value is -0.330. The molecular weight excluding hydrogens is 271 g/mol. The Balaban J connectivity index is 1.55. The van der Waals surface area contributed by atoms with Crippen LogP contribution in [0.5, 0.6) is 0 Å². The van der Waals surface area contributed by atoms with E-state index in [0.717, 1.165) is 23.7 Å². The average Bonchev–Trinajstić information content (AvgIpc) is 2.56. The van der Waals surface area contributed by atoms with Gasteiger partial charge >= 0.3 is 0 Å². The number of allylic oxidation sites excluding steroid dienone is 2. The van der Waals surface area contributed by atoms with Crippen LogP contribution in [0.3, 0.4) is 0 Å². The molecule has 0 aromatic heterocycles. The van der Waals surface area contributed by atoms with Crippen molar-refractivity contribution in [2.24, 2.45) is 23.7 Å². The largest absolute Gasteiger partial charge is 0.251 e. The fraction of sp³-hybridized carbons (Fsp3) is 0.905. The minimum atomic E-state index is -0.202. The second-order valence-electron chi connectivity index (χ2n) is 7.94. The van der Waals surface area contributed by atoms with E-state index in [0.29, 0.717) is 6.42 Å². The van der Waals surface area contributed by atoms with Crippen LogP contribution in [-0.4, -0.2) is 6.67 Å². The van der Waals surface area contributed by atoms with Gasteiger partial charge in [0.25, 0.3) is 0 Å². The zero-order chi connectivity index (χ0) is 15.6. The normalized spacial score (nSPS) is 33.4. The number of hydrogen-bond donors (Lipinski definition) is 0. The predicted molar refractivity (Wildman–Crippen MR) is 94.8 cm³/mol. The molecule has 1 heteroatoms. The predicted octanol–water partition coefficient (Wildman–Crippen LogP) is 7.10. The summed E-state index contributed by atoms with van der Waals surface area (Å²) in [6.45, 7) is 2.13. The molecule has 0 aromatic carbocycles. The van der Waals surface area contributed by atoms with Crippen LogP contribution in [0.4, 0.5) is 4.39 Å². The van der Waals surface area contributed by atoms with E-state index in [1.54, 1.807) is 0 Å². The monoisotopic (exact) mass is 308 g/mol. The van der Waals surface area contributed by atoms with Gasteiger partial charge in [-0.1, -0.05) is 70.4 Å². The molecule has 0 unspecified atom stereocenters. The highest BCUT2D eigenvalue weighted by Gasteiger charge is 2.23. The van der Waals surface area contributed by atoms with E-state index in [4.69, 9.17) is 0 Å². The Kier molecular flexibility index (Phi) is 8.55. The summed E-state index contributed by atoms with van der Waals surface area (Å²) in [5.41, 5.74) is 0. The quantitative estimate of drug-likeness (QED) is 0.420. The van der Waals surface area contributed by atoms with Gasteiger partial charge in [0, 0.05) is 0 Å². The van der Waals surface area contributed by atoms with Gasteiger partial charge in [0.15, 0.2) is 0 Å². The topological polar surface area (TPSA) is 0 Å². The SMILES string of the molecule is CCCC1CCC(CCC2CCC(C=CCCF)CC2)CC1. The van der Waals surface area contributed by atoms with Crippen molar-refractivity contribution in [3.05, 3.63) is 12.2 Å². The molecule has 0 spiro atoms. The van der Waals surface area contributed by atoms with E-state index in [-0.39, 0.29) is 6.67 Å². The maximum Gasteiger partial charge on any atom is 0.0928 e. The van der Waals surface area contributed by atoms with Crippen LogP contribution in [0, 0.1) is 23.7 Å². The second kappa shape index (κ2) is 10.4. The Bertz CT molecular complexity index is 293. The maximum absolute atomic E-state index is 12.1. The van der Waals surface area contributed by atoms with Crippen LogP contribution >= 0.6 is 0 Å². The number of hydrogen-bond acceptors (Lipinski definition) is 0. The summed E-state index contributed by atoms with van der Waals surface area (Å²) in [5, 5.41) is 0. The van der Waals surface area contributed by atoms with E-state index in [1.807, 2.05) is 0 Å². The van der Waals surface area contributed by atoms with Crippen LogP contribution in [0.15, 0.2) is 12.2 Å². The molecule has 0 bridgehead atoms. The molecule has 0 aliphatic heterocycles. The van der Waals surface area contributed by atoms with Gasteiger partial charge in [-0.15, -0.1) is 0 Å². The summed E-state index contributed by atoms with van der Waals surface area (Å²) in [7, 11) is 0. The van der Waals surface area contributed by atoms with Crippen LogP contribution < -0.4 is 0 Å². The molecule has 2 fully saturated rings. The van der Waals surface area contributed by atoms with E-state index in [9.17, 15) is 4.39 Å². The van der Waals surface area contributed by atoms with Gasteiger partial charge in [0.1, 0.15) is 0 Å². The fourth-order valence-electron chi connectivity index (χ4n) is 4.71. The molecule has 0 nitrogen and oxygen atoms in total. The summed E-state index contributed by atoms with van der Waals surface area (Å²) in [4.78, 5) is 0. The van der Waals surface area contributed by atoms with Crippen molar-refractivity contribution in [2.75, 3.05) is 6.67 Å². The lowest BCUT2D eigenvalue weighted by Crippen LogP contribution is -2.17. The molecule has 2 aliphatic rings. The van der Waals surface area contributed by atoms with Gasteiger partial charge in [0.05, 0.1) is 6.67 Å². The van der Waals surface area contributed by atoms with Crippen LogP contribution in [0.2, 0.25) is 0 Å². The van der Waals surface area contributed by atoms with Gasteiger partial charge < -0.3 is 0 Å². The summed E-state index contributed by atoms with van der Waals surface area (Å²) in [5.74, 6) is 3.81. The highest BCUT2D eigenvalue weighted by Crippen LogP contribution is 2.37. The van der Waals surface area contributed by atoms with Crippen molar-refractivity contribution in [1.29, 1.82) is 0 Å². The van der Waals surface area contributed by atoms with Crippen molar-refractivity contribution in [1.82, 2.24) is 0 Å². The van der Waals surface area contributed by atoms with Gasteiger partial charge in [-0.3, -0.25) is 4.39 Å². The minimum Gasteiger partial charge on any atom is -0.251 e. The van der Waals surface area contributed by atoms with Crippen molar-refractivity contribution < 1.29 is 4.39 Å². The highest BCUT2D eigenvalue weighted by atomic mass is 19.1. The van der Waals surface area contributed by atoms with E-state index in [2.05, 4.69) is 19.1 Å². The lowest BCUT2D eigenvalue weighted by atomic mass is 9.75. The van der Waals surface area contributed by atoms with E-state index in [1.165, 1.54) is 77.0 Å². The molecule has 2 saturated carbocycles. The molecule has 0 heterocycles. The molecule has 0 aromatic rings. The zero-order valence-corrected chi connectivity index (χ0v) is 14.7. The van der Waals surface area contributed by atoms with Crippen molar-refractivity contribution in [3.8, 4) is 0 Å². The van der Waals surface area contributed by atoms with E-state index < -0.39 is 0 Å². The summed E-state index contributed by atoms with van der Waals surface area (Å²) >= 11 is 0. The standard InChI is InChI=1S/C21H37F/c1-2-5-18-7-11-20(12-8-18)15-16-21-13-9-19(10-14-21)6-3-4-17-22/h3,6,18-21H,2,4-5,7-17H2,1H3. The first-order valence-corrected chi connectivity index (χ1v) is 10.0. The smallest absolute Gasteiger partial charge is 0.0928 e. The van der Waals surface area contributed by atoms with Crippen LogP contribution in [0.1, 0.15) is 90.4 Å². The average molecular weight is 309 g/mol. The van der Waals surface area contributed by atoms with Crippen molar-refractivity contribution in [3.63, 3.8) is 0 Å². The van der Waals surface area contributed by atoms with Gasteiger partial charge in [0.2, 0.25) is 0 Å². The first-order chi connectivity index (χ1) is 10.8. The Labute approximate surface area is 138 Å². The summed E-state index contributed by atoms with van der Waals surface area (Å²) in [6.07, 6.45) is 22.3. The molecule has 22 heavy (non-hydrogen) atoms. The van der Waals surface area contributed by atoms with Crippen LogP contribution in [0.25, 0.3) is 0 Å². The van der Waals surface area contributed by atoms with Gasteiger partial charge in [-0.2, -0.15) is 0 Å². The third-order valence-corrected chi connectivity index (χ3v) is 6.22. The lowest BCUT2D eigenvalue weighted by molar-refractivity contribution is 0.221. The van der Waals surface area contributed by atoms with Gasteiger partial charge in [-0.05, 0) is 55.8 Å². The Morgan fingerprint density at radius 3 is 1.77 bits per heavy atom. The third-order valence-electron chi connectivity index (χ3n) is 6.22. The molecule has 2 aliphatic carbocycles. The first-order valence-electron chi connectivity index (χ1n) is 10.0. The molecule has 0 saturated heterocycles. The number of halogens is 1. The molecule has 0 atom stereocenters. The molecular formula is C21H37F. The molecule has 128 valence electrons. The number of rotatable bonds is 8. The van der Waals surface area contributed by atoms with E-state index >= 15 is 0 Å². The summed E-state index contributed by atoms with van der Waals surface area (Å²) in [6, 6.07) is 0. The van der Waals surface area contributed by atoms with Gasteiger partial charge in [-0.25, -0.2) is 0 Å². The first kappa shape index (κ1) is 18.0. The third kappa shape index (κ3) is 6.42. The molecule has 0 N–H and O–H groups in total. The second-order valence-corrected chi connectivity index (χ2v) is 7.94.